The molecule has 1 aliphatic rings. The minimum atomic E-state index is -2.56. The molecule has 0 N–H and O–H groups in total. The van der Waals surface area contributed by atoms with E-state index in [-0.39, 0.29) is 5.57 Å². The zero-order valence-corrected chi connectivity index (χ0v) is 10.6. The lowest BCUT2D eigenvalue weighted by Gasteiger charge is -2.22. The largest absolute Gasteiger partial charge is 0.289 e. The molecular weight excluding hydrogens is 281 g/mol. The summed E-state index contributed by atoms with van der Waals surface area (Å²) in [5.41, 5.74) is 0.308. The Labute approximate surface area is 113 Å². The zero-order valence-electron chi connectivity index (χ0n) is 9.09. The van der Waals surface area contributed by atoms with Crippen LogP contribution in [0.25, 0.3) is 0 Å². The maximum atomic E-state index is 13.8. The smallest absolute Gasteiger partial charge is 0.226 e. The standard InChI is InChI=1S/C13H8Cl2F2O/c14-12-10(16)6-9(7-13(12,15)17)11(18)8-4-2-1-3-5-8/h1-6H,7H2. The summed E-state index contributed by atoms with van der Waals surface area (Å²) in [5.74, 6) is -1.47. The van der Waals surface area contributed by atoms with Gasteiger partial charge in [-0.2, -0.15) is 0 Å². The van der Waals surface area contributed by atoms with Crippen molar-refractivity contribution in [1.82, 2.24) is 0 Å². The van der Waals surface area contributed by atoms with Gasteiger partial charge in [0.1, 0.15) is 10.9 Å². The maximum absolute atomic E-state index is 13.8. The molecule has 1 aromatic rings. The van der Waals surface area contributed by atoms with Crippen LogP contribution in [0.2, 0.25) is 0 Å². The van der Waals surface area contributed by atoms with Crippen molar-refractivity contribution >= 4 is 29.0 Å². The first kappa shape index (κ1) is 13.2. The summed E-state index contributed by atoms with van der Waals surface area (Å²) >= 11 is 10.9. The predicted molar refractivity (Wildman–Crippen MR) is 67.2 cm³/mol. The number of benzene rings is 1. The molecule has 94 valence electrons. The minimum Gasteiger partial charge on any atom is -0.289 e. The van der Waals surface area contributed by atoms with Gasteiger partial charge in [-0.25, -0.2) is 8.78 Å². The van der Waals surface area contributed by atoms with Crippen molar-refractivity contribution in [2.24, 2.45) is 0 Å². The van der Waals surface area contributed by atoms with Gasteiger partial charge in [0.2, 0.25) is 5.13 Å². The fourth-order valence-electron chi connectivity index (χ4n) is 1.68. The van der Waals surface area contributed by atoms with E-state index in [1.54, 1.807) is 30.3 Å². The van der Waals surface area contributed by atoms with Gasteiger partial charge in [-0.3, -0.25) is 4.79 Å². The summed E-state index contributed by atoms with van der Waals surface area (Å²) in [6.07, 6.45) is 0.479. The lowest BCUT2D eigenvalue weighted by molar-refractivity contribution is 0.102. The van der Waals surface area contributed by atoms with Crippen molar-refractivity contribution in [2.45, 2.75) is 11.5 Å². The monoisotopic (exact) mass is 288 g/mol. The molecule has 0 fully saturated rings. The number of Topliss-reactive ketones (excluding diaryl/α,β-unsaturated/α-hetero) is 1. The third kappa shape index (κ3) is 2.47. The third-order valence-corrected chi connectivity index (χ3v) is 3.47. The van der Waals surface area contributed by atoms with Crippen molar-refractivity contribution in [1.29, 1.82) is 0 Å². The fourth-order valence-corrected chi connectivity index (χ4v) is 2.04. The molecule has 5 heteroatoms. The van der Waals surface area contributed by atoms with Crippen LogP contribution in [0.3, 0.4) is 0 Å². The van der Waals surface area contributed by atoms with Crippen LogP contribution < -0.4 is 0 Å². The number of allylic oxidation sites excluding steroid dienone is 4. The topological polar surface area (TPSA) is 17.1 Å². The van der Waals surface area contributed by atoms with Gasteiger partial charge < -0.3 is 0 Å². The number of alkyl halides is 2. The molecule has 0 spiro atoms. The van der Waals surface area contributed by atoms with Gasteiger partial charge in [-0.05, 0) is 6.08 Å². The summed E-state index contributed by atoms with van der Waals surface area (Å²) in [5, 5.41) is -3.27. The van der Waals surface area contributed by atoms with Gasteiger partial charge in [0, 0.05) is 17.6 Å². The number of carbonyl (C=O) groups is 1. The van der Waals surface area contributed by atoms with E-state index >= 15 is 0 Å². The summed E-state index contributed by atoms with van der Waals surface area (Å²) < 4.78 is 27.2. The molecule has 1 unspecified atom stereocenters. The molecule has 1 nitrogen and oxygen atoms in total. The molecule has 0 saturated carbocycles. The first-order valence-corrected chi connectivity index (χ1v) is 5.91. The van der Waals surface area contributed by atoms with Crippen molar-refractivity contribution in [3.8, 4) is 0 Å². The van der Waals surface area contributed by atoms with Crippen LogP contribution in [-0.2, 0) is 0 Å². The Balaban J connectivity index is 2.37. The Hall–Kier alpha value is -1.19. The second-order valence-electron chi connectivity index (χ2n) is 3.91. The highest BCUT2D eigenvalue weighted by Crippen LogP contribution is 2.43. The first-order valence-electron chi connectivity index (χ1n) is 5.16. The van der Waals surface area contributed by atoms with Crippen molar-refractivity contribution in [3.05, 3.63) is 58.4 Å². The van der Waals surface area contributed by atoms with Crippen LogP contribution in [0.1, 0.15) is 16.8 Å². The number of halogens is 4. The Morgan fingerprint density at radius 2 is 1.89 bits per heavy atom. The van der Waals surface area contributed by atoms with E-state index in [0.29, 0.717) is 5.56 Å². The number of hydrogen-bond donors (Lipinski definition) is 0. The van der Waals surface area contributed by atoms with Crippen molar-refractivity contribution in [2.75, 3.05) is 0 Å². The lowest BCUT2D eigenvalue weighted by atomic mass is 9.94. The van der Waals surface area contributed by atoms with E-state index < -0.39 is 28.2 Å². The number of carbonyl (C=O) groups excluding carboxylic acids is 1. The van der Waals surface area contributed by atoms with Gasteiger partial charge in [0.15, 0.2) is 5.78 Å². The molecule has 0 heterocycles. The van der Waals surface area contributed by atoms with Crippen LogP contribution >= 0.6 is 23.2 Å². The molecule has 1 atom stereocenters. The Bertz CT molecular complexity index is 547. The van der Waals surface area contributed by atoms with Crippen molar-refractivity contribution in [3.63, 3.8) is 0 Å². The SMILES string of the molecule is O=C(C1=CC(F)=C(Cl)C(F)(Cl)C1)c1ccccc1. The number of ketones is 1. The second-order valence-corrected chi connectivity index (χ2v) is 4.88. The van der Waals surface area contributed by atoms with Crippen LogP contribution in [-0.4, -0.2) is 10.9 Å². The molecule has 2 rings (SSSR count). The third-order valence-electron chi connectivity index (χ3n) is 2.57. The van der Waals surface area contributed by atoms with Gasteiger partial charge in [0.25, 0.3) is 0 Å². The Morgan fingerprint density at radius 3 is 2.44 bits per heavy atom. The van der Waals surface area contributed by atoms with Gasteiger partial charge in [-0.15, -0.1) is 0 Å². The van der Waals surface area contributed by atoms with Gasteiger partial charge in [0.05, 0.1) is 0 Å². The minimum absolute atomic E-state index is 0.0411. The van der Waals surface area contributed by atoms with E-state index in [4.69, 9.17) is 23.2 Å². The van der Waals surface area contributed by atoms with E-state index in [0.717, 1.165) is 6.08 Å². The average molecular weight is 289 g/mol. The molecule has 0 radical (unpaired) electrons. The highest BCUT2D eigenvalue weighted by molar-refractivity contribution is 6.39. The second kappa shape index (κ2) is 4.82. The zero-order chi connectivity index (χ0) is 13.3. The molecule has 18 heavy (non-hydrogen) atoms. The average Bonchev–Trinajstić information content (AvgIpc) is 2.35. The molecule has 0 saturated heterocycles. The first-order chi connectivity index (χ1) is 8.42. The summed E-state index contributed by atoms with van der Waals surface area (Å²) in [4.78, 5) is 12.0. The summed E-state index contributed by atoms with van der Waals surface area (Å²) in [6.45, 7) is 0. The highest BCUT2D eigenvalue weighted by Gasteiger charge is 2.39. The van der Waals surface area contributed by atoms with E-state index in [1.807, 2.05) is 0 Å². The van der Waals surface area contributed by atoms with Gasteiger partial charge >= 0.3 is 0 Å². The maximum Gasteiger partial charge on any atom is 0.226 e. The predicted octanol–water partition coefficient (Wildman–Crippen LogP) is 4.52. The van der Waals surface area contributed by atoms with Gasteiger partial charge in [-0.1, -0.05) is 53.5 Å². The Morgan fingerprint density at radius 1 is 1.28 bits per heavy atom. The van der Waals surface area contributed by atoms with Crippen LogP contribution in [0.5, 0.6) is 0 Å². The highest BCUT2D eigenvalue weighted by atomic mass is 35.5. The van der Waals surface area contributed by atoms with Crippen LogP contribution in [0, 0.1) is 0 Å². The molecular formula is C13H8Cl2F2O. The molecule has 1 aliphatic carbocycles. The molecule has 1 aromatic carbocycles. The molecule has 0 bridgehead atoms. The van der Waals surface area contributed by atoms with Crippen LogP contribution in [0.15, 0.2) is 52.8 Å². The fraction of sp³-hybridized carbons (Fsp3) is 0.154. The lowest BCUT2D eigenvalue weighted by Crippen LogP contribution is -2.23. The molecule has 0 aromatic heterocycles. The summed E-state index contributed by atoms with van der Waals surface area (Å²) in [7, 11) is 0. The van der Waals surface area contributed by atoms with Crippen molar-refractivity contribution < 1.29 is 13.6 Å². The molecule has 0 aliphatic heterocycles. The van der Waals surface area contributed by atoms with E-state index in [1.165, 1.54) is 0 Å². The number of hydrogen-bond acceptors (Lipinski definition) is 1. The number of rotatable bonds is 2. The quantitative estimate of drug-likeness (QED) is 0.577. The van der Waals surface area contributed by atoms with E-state index in [2.05, 4.69) is 0 Å². The van der Waals surface area contributed by atoms with Crippen LogP contribution in [0.4, 0.5) is 8.78 Å². The Kier molecular flexibility index (Phi) is 3.55. The normalized spacial score (nSPS) is 23.9. The molecule has 0 amide bonds. The van der Waals surface area contributed by atoms with E-state index in [9.17, 15) is 13.6 Å². The summed E-state index contributed by atoms with van der Waals surface area (Å²) in [6, 6.07) is 8.20.